The van der Waals surface area contributed by atoms with Gasteiger partial charge in [-0.15, -0.1) is 0 Å². The molecule has 5 heteroatoms. The van der Waals surface area contributed by atoms with Crippen LogP contribution in [-0.4, -0.2) is 21.4 Å². The fourth-order valence-electron chi connectivity index (χ4n) is 0.321. The first-order valence-corrected chi connectivity index (χ1v) is 2.91. The Balaban J connectivity index is 4.17. The molecule has 0 aliphatic carbocycles. The van der Waals surface area contributed by atoms with Crippen LogP contribution in [0, 0.1) is 0 Å². The number of allylic oxidation sites excluding steroid dienone is 2. The summed E-state index contributed by atoms with van der Waals surface area (Å²) in [6, 6.07) is 0. The van der Waals surface area contributed by atoms with Crippen LogP contribution < -0.4 is 0 Å². The molecule has 0 radical (unpaired) electrons. The van der Waals surface area contributed by atoms with Crippen molar-refractivity contribution < 1.29 is 19.8 Å². The van der Waals surface area contributed by atoms with Crippen molar-refractivity contribution in [2.75, 3.05) is 0 Å². The van der Waals surface area contributed by atoms with E-state index in [1.54, 1.807) is 0 Å². The van der Waals surface area contributed by atoms with E-state index < -0.39 is 17.0 Å². The predicted molar refractivity (Wildman–Crippen MR) is 38.3 cm³/mol. The minimum atomic E-state index is -1.22. The number of rotatable bonds is 3. The Labute approximate surface area is 67.4 Å². The zero-order valence-electron chi connectivity index (χ0n) is 5.32. The quantitative estimate of drug-likeness (QED) is 0.289. The molecule has 0 amide bonds. The molecule has 0 aromatic carbocycles. The summed E-state index contributed by atoms with van der Waals surface area (Å²) >= 11 is 4.83. The topological polar surface area (TPSA) is 74.6 Å². The van der Waals surface area contributed by atoms with Gasteiger partial charge in [-0.1, -0.05) is 0 Å². The molecule has 0 aliphatic rings. The van der Waals surface area contributed by atoms with Gasteiger partial charge in [-0.25, -0.2) is 4.79 Å². The Hall–Kier alpha value is -1.29. The van der Waals surface area contributed by atoms with Gasteiger partial charge >= 0.3 is 5.97 Å². The van der Waals surface area contributed by atoms with Gasteiger partial charge < -0.3 is 10.2 Å². The standard InChI is InChI=1S/C6H5ClO4/c7-5(9)3-4(8)1-2-6(10)11/h1-3,8H,(H,10,11)/b2-1-,4-3+. The summed E-state index contributed by atoms with van der Waals surface area (Å²) in [5.74, 6) is -1.71. The van der Waals surface area contributed by atoms with Crippen LogP contribution >= 0.6 is 11.6 Å². The molecule has 0 aromatic heterocycles. The van der Waals surface area contributed by atoms with Gasteiger partial charge in [-0.3, -0.25) is 4.79 Å². The van der Waals surface area contributed by atoms with Gasteiger partial charge in [0.2, 0.25) is 5.24 Å². The largest absolute Gasteiger partial charge is 0.508 e. The number of halogens is 1. The molecule has 0 unspecified atom stereocenters. The molecule has 0 fully saturated rings. The molecule has 60 valence electrons. The molecule has 0 saturated heterocycles. The summed E-state index contributed by atoms with van der Waals surface area (Å²) in [7, 11) is 0. The van der Waals surface area contributed by atoms with Crippen LogP contribution in [0.15, 0.2) is 24.0 Å². The molecular weight excluding hydrogens is 172 g/mol. The molecule has 0 aliphatic heterocycles. The second-order valence-corrected chi connectivity index (χ2v) is 1.92. The number of hydrogen-bond donors (Lipinski definition) is 2. The van der Waals surface area contributed by atoms with E-state index in [-0.39, 0.29) is 0 Å². The van der Waals surface area contributed by atoms with Crippen LogP contribution in [-0.2, 0) is 9.59 Å². The summed E-state index contributed by atoms with van der Waals surface area (Å²) < 4.78 is 0. The van der Waals surface area contributed by atoms with Crippen molar-refractivity contribution in [1.29, 1.82) is 0 Å². The van der Waals surface area contributed by atoms with E-state index in [0.29, 0.717) is 12.2 Å². The van der Waals surface area contributed by atoms with Crippen LogP contribution in [0.5, 0.6) is 0 Å². The molecule has 11 heavy (non-hydrogen) atoms. The lowest BCUT2D eigenvalue weighted by Crippen LogP contribution is -1.88. The van der Waals surface area contributed by atoms with Crippen molar-refractivity contribution in [3.8, 4) is 0 Å². The van der Waals surface area contributed by atoms with Crippen LogP contribution in [0.2, 0.25) is 0 Å². The molecule has 0 rings (SSSR count). The van der Waals surface area contributed by atoms with Gasteiger partial charge in [0, 0.05) is 12.2 Å². The zero-order chi connectivity index (χ0) is 8.85. The van der Waals surface area contributed by atoms with Crippen molar-refractivity contribution in [2.24, 2.45) is 0 Å². The number of carbonyl (C=O) groups excluding carboxylic acids is 1. The highest BCUT2D eigenvalue weighted by molar-refractivity contribution is 6.66. The van der Waals surface area contributed by atoms with E-state index in [2.05, 4.69) is 0 Å². The molecule has 2 N–H and O–H groups in total. The molecule has 0 saturated carbocycles. The molecule has 4 nitrogen and oxygen atoms in total. The van der Waals surface area contributed by atoms with E-state index in [9.17, 15) is 9.59 Å². The SMILES string of the molecule is O=C(O)/C=C\C(O)=C/C(=O)Cl. The lowest BCUT2D eigenvalue weighted by atomic mass is 10.4. The maximum Gasteiger partial charge on any atom is 0.328 e. The summed E-state index contributed by atoms with van der Waals surface area (Å²) in [6.07, 6.45) is 2.23. The maximum atomic E-state index is 10.0. The highest BCUT2D eigenvalue weighted by Crippen LogP contribution is 1.93. The van der Waals surface area contributed by atoms with Gasteiger partial charge in [0.15, 0.2) is 0 Å². The fraction of sp³-hybridized carbons (Fsp3) is 0. The summed E-state index contributed by atoms with van der Waals surface area (Å²) in [6.45, 7) is 0. The number of carboxylic acids is 1. The second kappa shape index (κ2) is 4.51. The average molecular weight is 177 g/mol. The minimum Gasteiger partial charge on any atom is -0.508 e. The third kappa shape index (κ3) is 6.60. The van der Waals surface area contributed by atoms with E-state index in [0.717, 1.165) is 6.08 Å². The first-order chi connectivity index (χ1) is 5.02. The Bertz CT molecular complexity index is 229. The van der Waals surface area contributed by atoms with E-state index >= 15 is 0 Å². The van der Waals surface area contributed by atoms with Crippen LogP contribution in [0.3, 0.4) is 0 Å². The van der Waals surface area contributed by atoms with Gasteiger partial charge in [0.05, 0.1) is 0 Å². The zero-order valence-corrected chi connectivity index (χ0v) is 6.08. The molecular formula is C6H5ClO4. The smallest absolute Gasteiger partial charge is 0.328 e. The third-order valence-corrected chi connectivity index (χ3v) is 0.767. The number of aliphatic hydroxyl groups excluding tert-OH is 1. The lowest BCUT2D eigenvalue weighted by molar-refractivity contribution is -0.131. The summed E-state index contributed by atoms with van der Waals surface area (Å²) in [4.78, 5) is 19.9. The van der Waals surface area contributed by atoms with Crippen molar-refractivity contribution >= 4 is 22.8 Å². The van der Waals surface area contributed by atoms with E-state index in [1.165, 1.54) is 0 Å². The van der Waals surface area contributed by atoms with Crippen LogP contribution in [0.25, 0.3) is 0 Å². The first kappa shape index (κ1) is 9.71. The normalized spacial score (nSPS) is 11.9. The van der Waals surface area contributed by atoms with Crippen molar-refractivity contribution in [2.45, 2.75) is 0 Å². The van der Waals surface area contributed by atoms with Crippen LogP contribution in [0.4, 0.5) is 0 Å². The number of hydrogen-bond acceptors (Lipinski definition) is 3. The molecule has 0 spiro atoms. The predicted octanol–water partition coefficient (Wildman–Crippen LogP) is 0.835. The van der Waals surface area contributed by atoms with E-state index in [1.807, 2.05) is 0 Å². The number of aliphatic hydroxyl groups is 1. The second-order valence-electron chi connectivity index (χ2n) is 1.54. The number of aliphatic carboxylic acids is 1. The molecule has 0 atom stereocenters. The fourth-order valence-corrected chi connectivity index (χ4v) is 0.433. The molecule has 0 heterocycles. The molecule has 0 bridgehead atoms. The molecule has 0 aromatic rings. The third-order valence-electron chi connectivity index (χ3n) is 0.658. The van der Waals surface area contributed by atoms with Crippen molar-refractivity contribution in [3.63, 3.8) is 0 Å². The van der Waals surface area contributed by atoms with Gasteiger partial charge in [-0.05, 0) is 17.7 Å². The Morgan fingerprint density at radius 2 is 1.73 bits per heavy atom. The summed E-state index contributed by atoms with van der Waals surface area (Å²) in [5.41, 5.74) is 0. The van der Waals surface area contributed by atoms with Gasteiger partial charge in [-0.2, -0.15) is 0 Å². The van der Waals surface area contributed by atoms with Gasteiger partial charge in [0.25, 0.3) is 0 Å². The van der Waals surface area contributed by atoms with Crippen LogP contribution in [0.1, 0.15) is 0 Å². The summed E-state index contributed by atoms with van der Waals surface area (Å²) in [5, 5.41) is 15.9. The minimum absolute atomic E-state index is 0.493. The highest BCUT2D eigenvalue weighted by Gasteiger charge is 1.92. The Morgan fingerprint density at radius 3 is 2.09 bits per heavy atom. The highest BCUT2D eigenvalue weighted by atomic mass is 35.5. The monoisotopic (exact) mass is 176 g/mol. The first-order valence-electron chi connectivity index (χ1n) is 2.53. The van der Waals surface area contributed by atoms with Crippen molar-refractivity contribution in [1.82, 2.24) is 0 Å². The lowest BCUT2D eigenvalue weighted by Gasteiger charge is -1.85. The van der Waals surface area contributed by atoms with Gasteiger partial charge in [0.1, 0.15) is 5.76 Å². The average Bonchev–Trinajstić information content (AvgIpc) is 1.82. The van der Waals surface area contributed by atoms with Crippen molar-refractivity contribution in [3.05, 3.63) is 24.0 Å². The Morgan fingerprint density at radius 1 is 1.18 bits per heavy atom. The number of carboxylic acid groups (broad SMARTS) is 1. The number of carbonyl (C=O) groups is 2. The Kier molecular flexibility index (Phi) is 3.98. The maximum absolute atomic E-state index is 10.0. The van der Waals surface area contributed by atoms with E-state index in [4.69, 9.17) is 21.8 Å².